The highest BCUT2D eigenvalue weighted by Crippen LogP contribution is 2.30. The van der Waals surface area contributed by atoms with Crippen molar-refractivity contribution in [2.45, 2.75) is 75.4 Å². The molecule has 0 bridgehead atoms. The molecule has 1 saturated heterocycles. The first-order chi connectivity index (χ1) is 15.7. The zero-order chi connectivity index (χ0) is 23.8. The number of carbonyl (C=O) groups is 2. The number of halogens is 1. The molecule has 2 fully saturated rings. The van der Waals surface area contributed by atoms with Crippen LogP contribution >= 0.6 is 11.6 Å². The molecule has 2 amide bonds. The van der Waals surface area contributed by atoms with Crippen LogP contribution in [0.2, 0.25) is 5.02 Å². The zero-order valence-corrected chi connectivity index (χ0v) is 20.6. The van der Waals surface area contributed by atoms with Gasteiger partial charge in [0.05, 0.1) is 11.3 Å². The molecule has 2 N–H and O–H groups in total. The maximum Gasteiger partial charge on any atom is 0.264 e. The van der Waals surface area contributed by atoms with Gasteiger partial charge in [0.2, 0.25) is 11.8 Å². The van der Waals surface area contributed by atoms with E-state index in [4.69, 9.17) is 11.6 Å². The molecule has 0 unspecified atom stereocenters. The molecule has 3 aliphatic rings. The second-order valence-corrected chi connectivity index (χ2v) is 11.4. The van der Waals surface area contributed by atoms with E-state index in [0.717, 1.165) is 36.7 Å². The molecule has 10 heteroatoms. The minimum Gasteiger partial charge on any atom is -0.353 e. The number of hydrogen-bond donors (Lipinski definition) is 2. The lowest BCUT2D eigenvalue weighted by Crippen LogP contribution is -2.51. The van der Waals surface area contributed by atoms with Crippen LogP contribution in [-0.4, -0.2) is 60.7 Å². The number of rotatable bonds is 6. The Balaban J connectivity index is 1.47. The fourth-order valence-corrected chi connectivity index (χ4v) is 6.58. The molecule has 4 rings (SSSR count). The summed E-state index contributed by atoms with van der Waals surface area (Å²) in [6.07, 6.45) is 7.63. The normalized spacial score (nSPS) is 24.3. The van der Waals surface area contributed by atoms with Gasteiger partial charge < -0.3 is 15.5 Å². The number of nitrogens with one attached hydrogen (secondary N) is 2. The van der Waals surface area contributed by atoms with Gasteiger partial charge in [-0.1, -0.05) is 11.6 Å². The topological polar surface area (TPSA) is 98.8 Å². The lowest BCUT2D eigenvalue weighted by molar-refractivity contribution is -0.129. The van der Waals surface area contributed by atoms with E-state index in [2.05, 4.69) is 15.5 Å². The van der Waals surface area contributed by atoms with Crippen molar-refractivity contribution in [2.75, 3.05) is 13.1 Å². The highest BCUT2D eigenvalue weighted by atomic mass is 35.5. The zero-order valence-electron chi connectivity index (χ0n) is 19.0. The van der Waals surface area contributed by atoms with Crippen molar-refractivity contribution < 1.29 is 18.0 Å². The second kappa shape index (κ2) is 9.64. The SMILES string of the molecule is Cc1cc(S(=O)(=O)N2C=CNC(=O)[C@H]2CC(=O)N[C@@H]2CCCN(C3CC3)CC2)c(C)cc1Cl. The fraction of sp³-hybridized carbons (Fsp3) is 0.565. The predicted octanol–water partition coefficient (Wildman–Crippen LogP) is 2.44. The molecule has 0 radical (unpaired) electrons. The molecule has 0 aromatic heterocycles. The van der Waals surface area contributed by atoms with Gasteiger partial charge in [0.1, 0.15) is 6.04 Å². The Labute approximate surface area is 200 Å². The van der Waals surface area contributed by atoms with E-state index < -0.39 is 22.0 Å². The van der Waals surface area contributed by atoms with Gasteiger partial charge in [-0.3, -0.25) is 13.9 Å². The minimum absolute atomic E-state index is 0.0367. The van der Waals surface area contributed by atoms with Crippen molar-refractivity contribution in [1.82, 2.24) is 19.8 Å². The molecule has 1 aromatic rings. The number of benzene rings is 1. The van der Waals surface area contributed by atoms with Gasteiger partial charge >= 0.3 is 0 Å². The molecule has 2 heterocycles. The van der Waals surface area contributed by atoms with Crippen LogP contribution in [0.1, 0.15) is 49.7 Å². The number of aryl methyl sites for hydroxylation is 2. The highest BCUT2D eigenvalue weighted by molar-refractivity contribution is 7.89. The van der Waals surface area contributed by atoms with E-state index in [1.54, 1.807) is 19.9 Å². The first kappa shape index (κ1) is 24.0. The summed E-state index contributed by atoms with van der Waals surface area (Å²) in [5.41, 5.74) is 1.10. The number of likely N-dealkylation sites (tertiary alicyclic amines) is 1. The Morgan fingerprint density at radius 3 is 2.64 bits per heavy atom. The summed E-state index contributed by atoms with van der Waals surface area (Å²) in [6.45, 7) is 5.39. The first-order valence-electron chi connectivity index (χ1n) is 11.5. The van der Waals surface area contributed by atoms with E-state index in [9.17, 15) is 18.0 Å². The molecule has 33 heavy (non-hydrogen) atoms. The van der Waals surface area contributed by atoms with E-state index in [1.807, 2.05) is 0 Å². The Bertz CT molecular complexity index is 1070. The Morgan fingerprint density at radius 2 is 1.91 bits per heavy atom. The van der Waals surface area contributed by atoms with Gasteiger partial charge in [-0.15, -0.1) is 0 Å². The van der Waals surface area contributed by atoms with Crippen LogP contribution in [0.25, 0.3) is 0 Å². The summed E-state index contributed by atoms with van der Waals surface area (Å²) in [4.78, 5) is 28.1. The van der Waals surface area contributed by atoms with Crippen LogP contribution in [0.4, 0.5) is 0 Å². The number of hydrogen-bond acceptors (Lipinski definition) is 5. The number of carbonyl (C=O) groups excluding carboxylic acids is 2. The molecule has 8 nitrogen and oxygen atoms in total. The monoisotopic (exact) mass is 494 g/mol. The van der Waals surface area contributed by atoms with Crippen molar-refractivity contribution in [2.24, 2.45) is 0 Å². The summed E-state index contributed by atoms with van der Waals surface area (Å²) >= 11 is 6.13. The van der Waals surface area contributed by atoms with Gasteiger partial charge in [0.25, 0.3) is 10.0 Å². The summed E-state index contributed by atoms with van der Waals surface area (Å²) in [7, 11) is -4.07. The van der Waals surface area contributed by atoms with Crippen LogP contribution in [0.5, 0.6) is 0 Å². The van der Waals surface area contributed by atoms with Crippen LogP contribution < -0.4 is 10.6 Å². The van der Waals surface area contributed by atoms with Gasteiger partial charge in [-0.25, -0.2) is 8.42 Å². The average Bonchev–Trinajstić information content (AvgIpc) is 3.59. The average molecular weight is 495 g/mol. The molecular formula is C23H31ClN4O4S. The lowest BCUT2D eigenvalue weighted by atomic mass is 10.1. The van der Waals surface area contributed by atoms with Crippen molar-refractivity contribution >= 4 is 33.4 Å². The molecule has 2 aliphatic heterocycles. The number of nitrogens with zero attached hydrogens (tertiary/aromatic N) is 2. The predicted molar refractivity (Wildman–Crippen MR) is 126 cm³/mol. The van der Waals surface area contributed by atoms with Gasteiger partial charge in [-0.05, 0) is 75.8 Å². The van der Waals surface area contributed by atoms with Crippen LogP contribution in [0, 0.1) is 13.8 Å². The summed E-state index contributed by atoms with van der Waals surface area (Å²) in [6, 6.07) is 2.67. The standard InChI is InChI=1S/C23H31ClN4O4S/c1-15-13-21(16(2)12-19(15)24)33(31,32)28-11-8-25-23(30)20(28)14-22(29)26-17-4-3-9-27(10-7-17)18-5-6-18/h8,11-13,17-18,20H,3-7,9-10,14H2,1-2H3,(H,25,30)(H,26,29)/t17-,20-/m1/s1. The van der Waals surface area contributed by atoms with Crippen LogP contribution in [0.15, 0.2) is 29.4 Å². The molecule has 2 atom stereocenters. The Hall–Kier alpha value is -2.10. The Kier molecular flexibility index (Phi) is 7.02. The third-order valence-corrected chi connectivity index (χ3v) is 8.97. The van der Waals surface area contributed by atoms with Crippen molar-refractivity contribution in [3.05, 3.63) is 40.7 Å². The van der Waals surface area contributed by atoms with Gasteiger partial charge in [-0.2, -0.15) is 0 Å². The summed E-state index contributed by atoms with van der Waals surface area (Å²) in [5.74, 6) is -0.847. The van der Waals surface area contributed by atoms with Crippen molar-refractivity contribution in [1.29, 1.82) is 0 Å². The van der Waals surface area contributed by atoms with E-state index in [-0.39, 0.29) is 23.3 Å². The summed E-state index contributed by atoms with van der Waals surface area (Å²) < 4.78 is 27.9. The first-order valence-corrected chi connectivity index (χ1v) is 13.3. The molecule has 1 saturated carbocycles. The van der Waals surface area contributed by atoms with Crippen molar-refractivity contribution in [3.8, 4) is 0 Å². The maximum atomic E-state index is 13.5. The van der Waals surface area contributed by atoms with Crippen molar-refractivity contribution in [3.63, 3.8) is 0 Å². The maximum absolute atomic E-state index is 13.5. The lowest BCUT2D eigenvalue weighted by Gasteiger charge is -2.32. The summed E-state index contributed by atoms with van der Waals surface area (Å²) in [5, 5.41) is 6.04. The molecule has 180 valence electrons. The molecular weight excluding hydrogens is 464 g/mol. The van der Waals surface area contributed by atoms with Crippen LogP contribution in [-0.2, 0) is 19.6 Å². The van der Waals surface area contributed by atoms with Gasteiger partial charge in [0, 0.05) is 36.1 Å². The molecule has 0 spiro atoms. The van der Waals surface area contributed by atoms with Gasteiger partial charge in [0.15, 0.2) is 0 Å². The Morgan fingerprint density at radius 1 is 1.15 bits per heavy atom. The third-order valence-electron chi connectivity index (χ3n) is 6.64. The smallest absolute Gasteiger partial charge is 0.264 e. The van der Waals surface area contributed by atoms with Crippen LogP contribution in [0.3, 0.4) is 0 Å². The quantitative estimate of drug-likeness (QED) is 0.633. The minimum atomic E-state index is -4.07. The van der Waals surface area contributed by atoms with E-state index in [1.165, 1.54) is 31.3 Å². The van der Waals surface area contributed by atoms with E-state index >= 15 is 0 Å². The highest BCUT2D eigenvalue weighted by Gasteiger charge is 2.38. The second-order valence-electron chi connectivity index (χ2n) is 9.21. The molecule has 1 aromatic carbocycles. The molecule has 1 aliphatic carbocycles. The van der Waals surface area contributed by atoms with E-state index in [0.29, 0.717) is 22.2 Å². The third kappa shape index (κ3) is 5.36. The number of sulfonamides is 1. The fourth-order valence-electron chi connectivity index (χ4n) is 4.61. The number of amides is 2. The largest absolute Gasteiger partial charge is 0.353 e.